The third-order valence-corrected chi connectivity index (χ3v) is 3.68. The van der Waals surface area contributed by atoms with Gasteiger partial charge in [-0.05, 0) is 37.4 Å². The molecule has 0 spiro atoms. The van der Waals surface area contributed by atoms with Gasteiger partial charge in [0, 0.05) is 0 Å². The topological polar surface area (TPSA) is 82.8 Å². The Hall–Kier alpha value is -1.82. The van der Waals surface area contributed by atoms with Crippen molar-refractivity contribution in [1.82, 2.24) is 10.2 Å². The Labute approximate surface area is 117 Å². The van der Waals surface area contributed by atoms with Crippen molar-refractivity contribution in [2.75, 3.05) is 13.1 Å². The molecule has 0 saturated carbocycles. The predicted octanol–water partition coefficient (Wildman–Crippen LogP) is 1.08. The van der Waals surface area contributed by atoms with E-state index >= 15 is 0 Å². The van der Waals surface area contributed by atoms with Crippen molar-refractivity contribution in [2.24, 2.45) is 5.92 Å². The number of piperidine rings is 1. The van der Waals surface area contributed by atoms with Crippen LogP contribution in [0.4, 0.5) is 0 Å². The van der Waals surface area contributed by atoms with E-state index in [9.17, 15) is 14.7 Å². The Morgan fingerprint density at radius 3 is 3.00 bits per heavy atom. The molecule has 1 aromatic heterocycles. The molecule has 2 heterocycles. The fraction of sp³-hybridized carbons (Fsp3) is 0.571. The average molecular weight is 280 g/mol. The van der Waals surface area contributed by atoms with Crippen molar-refractivity contribution < 1.29 is 19.1 Å². The van der Waals surface area contributed by atoms with Gasteiger partial charge in [-0.15, -0.1) is 0 Å². The van der Waals surface area contributed by atoms with Crippen LogP contribution in [-0.4, -0.2) is 41.0 Å². The van der Waals surface area contributed by atoms with Crippen LogP contribution in [0.1, 0.15) is 25.5 Å². The maximum atomic E-state index is 11.9. The Balaban J connectivity index is 1.87. The number of carboxylic acids is 1. The molecule has 6 heteroatoms. The molecule has 1 aliphatic heterocycles. The zero-order chi connectivity index (χ0) is 14.5. The molecule has 1 fully saturated rings. The van der Waals surface area contributed by atoms with Crippen LogP contribution in [0.2, 0.25) is 0 Å². The van der Waals surface area contributed by atoms with E-state index in [1.54, 1.807) is 23.3 Å². The maximum Gasteiger partial charge on any atom is 0.321 e. The molecular formula is C14H20N2O4. The standard InChI is InChI=1S/C14H20N2O4/c1-10-4-2-6-16(13(10)14(18)19)9-12(17)15-8-11-5-3-7-20-11/h3,5,7,10,13H,2,4,6,8-9H2,1H3,(H,15,17)(H,18,19). The number of carbonyl (C=O) groups excluding carboxylic acids is 1. The van der Waals surface area contributed by atoms with E-state index < -0.39 is 12.0 Å². The number of nitrogens with one attached hydrogen (secondary N) is 1. The highest BCUT2D eigenvalue weighted by atomic mass is 16.4. The summed E-state index contributed by atoms with van der Waals surface area (Å²) in [6.07, 6.45) is 3.37. The minimum absolute atomic E-state index is 0.0686. The average Bonchev–Trinajstić information content (AvgIpc) is 2.89. The number of likely N-dealkylation sites (tertiary alicyclic amines) is 1. The highest BCUT2D eigenvalue weighted by Crippen LogP contribution is 2.23. The molecule has 0 aromatic carbocycles. The van der Waals surface area contributed by atoms with Crippen LogP contribution in [0.25, 0.3) is 0 Å². The van der Waals surface area contributed by atoms with Crippen molar-refractivity contribution in [3.05, 3.63) is 24.2 Å². The normalized spacial score (nSPS) is 23.4. The van der Waals surface area contributed by atoms with Crippen LogP contribution in [0.15, 0.2) is 22.8 Å². The fourth-order valence-corrected chi connectivity index (χ4v) is 2.69. The molecule has 0 bridgehead atoms. The van der Waals surface area contributed by atoms with E-state index in [1.165, 1.54) is 0 Å². The molecular weight excluding hydrogens is 260 g/mol. The number of carboxylic acid groups (broad SMARTS) is 1. The lowest BCUT2D eigenvalue weighted by atomic mass is 9.91. The predicted molar refractivity (Wildman–Crippen MR) is 71.9 cm³/mol. The van der Waals surface area contributed by atoms with Gasteiger partial charge in [0.15, 0.2) is 0 Å². The van der Waals surface area contributed by atoms with Gasteiger partial charge >= 0.3 is 5.97 Å². The molecule has 2 rings (SSSR count). The quantitative estimate of drug-likeness (QED) is 0.843. The summed E-state index contributed by atoms with van der Waals surface area (Å²) < 4.78 is 5.13. The second-order valence-corrected chi connectivity index (χ2v) is 5.23. The summed E-state index contributed by atoms with van der Waals surface area (Å²) in [6.45, 7) is 3.01. The van der Waals surface area contributed by atoms with Crippen molar-refractivity contribution in [1.29, 1.82) is 0 Å². The van der Waals surface area contributed by atoms with Crippen molar-refractivity contribution in [2.45, 2.75) is 32.4 Å². The maximum absolute atomic E-state index is 11.9. The summed E-state index contributed by atoms with van der Waals surface area (Å²) in [5, 5.41) is 12.0. The Bertz CT molecular complexity index is 458. The molecule has 1 aliphatic rings. The summed E-state index contributed by atoms with van der Waals surface area (Å²) in [4.78, 5) is 25.0. The van der Waals surface area contributed by atoms with Gasteiger partial charge in [-0.3, -0.25) is 14.5 Å². The molecule has 1 saturated heterocycles. The number of hydrogen-bond donors (Lipinski definition) is 2. The molecule has 110 valence electrons. The number of hydrogen-bond acceptors (Lipinski definition) is 4. The zero-order valence-corrected chi connectivity index (χ0v) is 11.5. The molecule has 2 N–H and O–H groups in total. The number of rotatable bonds is 5. The molecule has 2 atom stereocenters. The highest BCUT2D eigenvalue weighted by Gasteiger charge is 2.34. The van der Waals surface area contributed by atoms with Crippen LogP contribution in [-0.2, 0) is 16.1 Å². The van der Waals surface area contributed by atoms with Crippen molar-refractivity contribution in [3.63, 3.8) is 0 Å². The lowest BCUT2D eigenvalue weighted by Gasteiger charge is -2.36. The number of aliphatic carboxylic acids is 1. The van der Waals surface area contributed by atoms with Crippen molar-refractivity contribution >= 4 is 11.9 Å². The molecule has 2 unspecified atom stereocenters. The lowest BCUT2D eigenvalue weighted by molar-refractivity contribution is -0.147. The first-order valence-corrected chi connectivity index (χ1v) is 6.84. The van der Waals surface area contributed by atoms with Gasteiger partial charge in [0.05, 0.1) is 19.4 Å². The molecule has 0 radical (unpaired) electrons. The summed E-state index contributed by atoms with van der Waals surface area (Å²) in [5.41, 5.74) is 0. The van der Waals surface area contributed by atoms with Gasteiger partial charge in [0.25, 0.3) is 0 Å². The van der Waals surface area contributed by atoms with Crippen LogP contribution < -0.4 is 5.32 Å². The van der Waals surface area contributed by atoms with Crippen LogP contribution in [0.3, 0.4) is 0 Å². The Morgan fingerprint density at radius 1 is 1.55 bits per heavy atom. The molecule has 6 nitrogen and oxygen atoms in total. The van der Waals surface area contributed by atoms with Gasteiger partial charge in [0.2, 0.25) is 5.91 Å². The summed E-state index contributed by atoms with van der Waals surface area (Å²) >= 11 is 0. The first-order chi connectivity index (χ1) is 9.58. The molecule has 20 heavy (non-hydrogen) atoms. The van der Waals surface area contributed by atoms with Crippen LogP contribution in [0.5, 0.6) is 0 Å². The second-order valence-electron chi connectivity index (χ2n) is 5.23. The number of furan rings is 1. The first kappa shape index (κ1) is 14.6. The van der Waals surface area contributed by atoms with Gasteiger partial charge in [-0.1, -0.05) is 6.92 Å². The van der Waals surface area contributed by atoms with Gasteiger partial charge < -0.3 is 14.8 Å². The second kappa shape index (κ2) is 6.56. The largest absolute Gasteiger partial charge is 0.480 e. The number of amides is 1. The first-order valence-electron chi connectivity index (χ1n) is 6.84. The van der Waals surface area contributed by atoms with E-state index in [1.807, 2.05) is 6.92 Å². The van der Waals surface area contributed by atoms with E-state index in [0.717, 1.165) is 12.8 Å². The third-order valence-electron chi connectivity index (χ3n) is 3.68. The molecule has 1 aromatic rings. The minimum Gasteiger partial charge on any atom is -0.480 e. The Kier molecular flexibility index (Phi) is 4.79. The number of nitrogens with zero attached hydrogens (tertiary/aromatic N) is 1. The van der Waals surface area contributed by atoms with Crippen LogP contribution >= 0.6 is 0 Å². The van der Waals surface area contributed by atoms with Crippen LogP contribution in [0, 0.1) is 5.92 Å². The SMILES string of the molecule is CC1CCCN(CC(=O)NCc2ccco2)C1C(=O)O. The monoisotopic (exact) mass is 280 g/mol. The van der Waals surface area contributed by atoms with E-state index in [2.05, 4.69) is 5.32 Å². The van der Waals surface area contributed by atoms with Gasteiger partial charge in [-0.2, -0.15) is 0 Å². The summed E-state index contributed by atoms with van der Waals surface area (Å²) in [7, 11) is 0. The Morgan fingerprint density at radius 2 is 2.35 bits per heavy atom. The van der Waals surface area contributed by atoms with Gasteiger partial charge in [0.1, 0.15) is 11.8 Å². The van der Waals surface area contributed by atoms with E-state index in [4.69, 9.17) is 4.42 Å². The van der Waals surface area contributed by atoms with E-state index in [-0.39, 0.29) is 18.4 Å². The smallest absolute Gasteiger partial charge is 0.321 e. The number of carbonyl (C=O) groups is 2. The van der Waals surface area contributed by atoms with Crippen molar-refractivity contribution in [3.8, 4) is 0 Å². The third kappa shape index (κ3) is 3.60. The lowest BCUT2D eigenvalue weighted by Crippen LogP contribution is -2.52. The fourth-order valence-electron chi connectivity index (χ4n) is 2.69. The molecule has 0 aliphatic carbocycles. The van der Waals surface area contributed by atoms with Gasteiger partial charge in [-0.25, -0.2) is 0 Å². The zero-order valence-electron chi connectivity index (χ0n) is 11.5. The summed E-state index contributed by atoms with van der Waals surface area (Å²) in [6, 6.07) is 2.97. The minimum atomic E-state index is -0.851. The van der Waals surface area contributed by atoms with E-state index in [0.29, 0.717) is 18.8 Å². The summed E-state index contributed by atoms with van der Waals surface area (Å²) in [5.74, 6) is -0.281. The highest BCUT2D eigenvalue weighted by molar-refractivity contribution is 5.80. The molecule has 1 amide bonds.